The lowest BCUT2D eigenvalue weighted by atomic mass is 9.65. The number of ether oxygens (including phenoxy) is 2. The molecule has 3 aromatic rings. The fourth-order valence-corrected chi connectivity index (χ4v) is 7.66. The molecule has 0 saturated heterocycles. The summed E-state index contributed by atoms with van der Waals surface area (Å²) in [5.74, 6) is -0.745. The number of halogens is 3. The first kappa shape index (κ1) is 33.3. The van der Waals surface area contributed by atoms with Gasteiger partial charge in [0.05, 0.1) is 56.1 Å². The van der Waals surface area contributed by atoms with Gasteiger partial charge in [0.25, 0.3) is 0 Å². The number of hydrogen-bond acceptors (Lipinski definition) is 8. The number of benzene rings is 3. The molecule has 2 fully saturated rings. The van der Waals surface area contributed by atoms with E-state index in [2.05, 4.69) is 4.74 Å². The molecule has 0 heterocycles. The number of nitrogens with two attached hydrogens (primary N) is 1. The lowest BCUT2D eigenvalue weighted by molar-refractivity contribution is -0.140. The molecule has 12 heteroatoms. The monoisotopic (exact) mass is 691 g/mol. The molecule has 0 aromatic heterocycles. The summed E-state index contributed by atoms with van der Waals surface area (Å²) in [6.45, 7) is -0.112. The van der Waals surface area contributed by atoms with E-state index in [1.165, 1.54) is 19.2 Å². The molecule has 0 bridgehead atoms. The van der Waals surface area contributed by atoms with E-state index in [4.69, 9.17) is 45.3 Å². The van der Waals surface area contributed by atoms with Gasteiger partial charge in [-0.15, -0.1) is 0 Å². The molecule has 0 aliphatic heterocycles. The highest BCUT2D eigenvalue weighted by atomic mass is 35.5. The van der Waals surface area contributed by atoms with Crippen LogP contribution >= 0.6 is 34.8 Å². The summed E-state index contributed by atoms with van der Waals surface area (Å²) in [4.78, 5) is 24.6. The van der Waals surface area contributed by atoms with Crippen molar-refractivity contribution in [3.05, 3.63) is 98.0 Å². The molecule has 3 N–H and O–H groups in total. The Kier molecular flexibility index (Phi) is 9.87. The quantitative estimate of drug-likeness (QED) is 0.163. The Hall–Kier alpha value is -3.08. The van der Waals surface area contributed by atoms with Crippen LogP contribution in [-0.4, -0.2) is 44.7 Å². The summed E-state index contributed by atoms with van der Waals surface area (Å²) in [7, 11) is -2.42. The minimum Gasteiger partial charge on any atom is -0.489 e. The lowest BCUT2D eigenvalue weighted by Crippen LogP contribution is -2.40. The average molecular weight is 693 g/mol. The van der Waals surface area contributed by atoms with Crippen LogP contribution in [0.25, 0.3) is 5.70 Å². The minimum absolute atomic E-state index is 0.00504. The van der Waals surface area contributed by atoms with Crippen molar-refractivity contribution in [2.75, 3.05) is 19.5 Å². The SMILES string of the molecule is COC(=O)CCS(=O)(=O)c1ccc(C2CC(O)(c3ccc(OCC(C(=O)C4CC4)=C(N)c4c(Cl)cccc4Cl)cc3Cl)C2)cc1. The fourth-order valence-electron chi connectivity index (χ4n) is 5.49. The zero-order chi connectivity index (χ0) is 32.5. The van der Waals surface area contributed by atoms with Crippen molar-refractivity contribution >= 4 is 62.1 Å². The number of hydrogen-bond donors (Lipinski definition) is 2. The molecule has 0 amide bonds. The molecule has 238 valence electrons. The summed E-state index contributed by atoms with van der Waals surface area (Å²) in [6, 6.07) is 16.5. The molecule has 45 heavy (non-hydrogen) atoms. The van der Waals surface area contributed by atoms with Gasteiger partial charge in [-0.1, -0.05) is 59.1 Å². The van der Waals surface area contributed by atoms with E-state index < -0.39 is 21.4 Å². The first-order valence-corrected chi connectivity index (χ1v) is 17.1. The smallest absolute Gasteiger partial charge is 0.306 e. The number of sulfone groups is 1. The van der Waals surface area contributed by atoms with Crippen molar-refractivity contribution in [3.63, 3.8) is 0 Å². The number of aliphatic hydroxyl groups is 1. The van der Waals surface area contributed by atoms with Gasteiger partial charge in [0.15, 0.2) is 15.6 Å². The Morgan fingerprint density at radius 3 is 2.20 bits per heavy atom. The van der Waals surface area contributed by atoms with Crippen LogP contribution in [0.5, 0.6) is 5.75 Å². The third-order valence-corrected chi connectivity index (χ3v) is 11.0. The van der Waals surface area contributed by atoms with Crippen LogP contribution < -0.4 is 10.5 Å². The first-order valence-electron chi connectivity index (χ1n) is 14.3. The fraction of sp³-hybridized carbons (Fsp3) is 0.333. The molecule has 0 atom stereocenters. The standard InChI is InChI=1S/C33H32Cl3NO7S/c1-43-29(38)13-14-45(41,42)23-10-7-19(8-11-23)21-16-33(40,17-21)25-12-9-22(15-28(25)36)44-18-24(32(39)20-5-6-20)31(37)30-26(34)3-2-4-27(30)35/h2-4,7-12,15,20-21,40H,5-6,13-14,16-18,37H2,1H3. The van der Waals surface area contributed by atoms with E-state index in [-0.39, 0.29) is 52.6 Å². The Balaban J connectivity index is 1.25. The second kappa shape index (κ2) is 13.3. The second-order valence-electron chi connectivity index (χ2n) is 11.4. The summed E-state index contributed by atoms with van der Waals surface area (Å²) < 4.78 is 35.6. The van der Waals surface area contributed by atoms with Crippen molar-refractivity contribution in [1.29, 1.82) is 0 Å². The number of Topliss-reactive ketones (excluding diaryl/α,β-unsaturated/α-hetero) is 1. The second-order valence-corrected chi connectivity index (χ2v) is 14.7. The number of ketones is 1. The van der Waals surface area contributed by atoms with Crippen molar-refractivity contribution in [1.82, 2.24) is 0 Å². The predicted octanol–water partition coefficient (Wildman–Crippen LogP) is 6.48. The number of carbonyl (C=O) groups is 2. The Morgan fingerprint density at radius 1 is 0.978 bits per heavy atom. The molecule has 2 aliphatic rings. The highest BCUT2D eigenvalue weighted by Crippen LogP contribution is 2.52. The van der Waals surface area contributed by atoms with E-state index in [1.807, 2.05) is 0 Å². The van der Waals surface area contributed by atoms with Crippen LogP contribution in [0.3, 0.4) is 0 Å². The largest absolute Gasteiger partial charge is 0.489 e. The van der Waals surface area contributed by atoms with Crippen LogP contribution in [0.1, 0.15) is 54.7 Å². The van der Waals surface area contributed by atoms with Crippen LogP contribution in [0.15, 0.2) is 71.1 Å². The normalized spacial score (nSPS) is 20.2. The summed E-state index contributed by atoms with van der Waals surface area (Å²) in [5, 5.41) is 12.3. The van der Waals surface area contributed by atoms with Crippen LogP contribution in [0.2, 0.25) is 15.1 Å². The Labute approximate surface area is 277 Å². The molecular formula is C33H32Cl3NO7S. The molecule has 0 unspecified atom stereocenters. The van der Waals surface area contributed by atoms with E-state index in [9.17, 15) is 23.1 Å². The third-order valence-electron chi connectivity index (χ3n) is 8.31. The third kappa shape index (κ3) is 7.34. The molecule has 2 aliphatic carbocycles. The molecule has 0 spiro atoms. The Morgan fingerprint density at radius 2 is 1.62 bits per heavy atom. The maximum absolute atomic E-state index is 13.1. The van der Waals surface area contributed by atoms with Crippen LogP contribution in [0.4, 0.5) is 0 Å². The lowest BCUT2D eigenvalue weighted by Gasteiger charge is -2.44. The summed E-state index contributed by atoms with van der Waals surface area (Å²) in [6.07, 6.45) is 2.12. The maximum atomic E-state index is 13.1. The molecule has 8 nitrogen and oxygen atoms in total. The van der Waals surface area contributed by atoms with Crippen LogP contribution in [-0.2, 0) is 29.8 Å². The van der Waals surface area contributed by atoms with Gasteiger partial charge in [-0.3, -0.25) is 9.59 Å². The molecule has 0 radical (unpaired) electrons. The van der Waals surface area contributed by atoms with Crippen molar-refractivity contribution in [3.8, 4) is 5.75 Å². The first-order chi connectivity index (χ1) is 21.3. The summed E-state index contributed by atoms with van der Waals surface area (Å²) in [5.41, 5.74) is 7.53. The van der Waals surface area contributed by atoms with E-state index in [0.29, 0.717) is 44.8 Å². The van der Waals surface area contributed by atoms with Gasteiger partial charge < -0.3 is 20.3 Å². The number of methoxy groups -OCH3 is 1. The zero-order valence-electron chi connectivity index (χ0n) is 24.4. The summed E-state index contributed by atoms with van der Waals surface area (Å²) >= 11 is 19.3. The van der Waals surface area contributed by atoms with Crippen molar-refractivity contribution < 1.29 is 32.6 Å². The van der Waals surface area contributed by atoms with Gasteiger partial charge >= 0.3 is 5.97 Å². The average Bonchev–Trinajstić information content (AvgIpc) is 3.84. The van der Waals surface area contributed by atoms with Gasteiger partial charge in [0.1, 0.15) is 12.4 Å². The highest BCUT2D eigenvalue weighted by Gasteiger charge is 2.45. The van der Waals surface area contributed by atoms with Crippen LogP contribution in [0, 0.1) is 5.92 Å². The minimum atomic E-state index is -3.63. The van der Waals surface area contributed by atoms with Crippen molar-refractivity contribution in [2.45, 2.75) is 48.5 Å². The molecular weight excluding hydrogens is 661 g/mol. The number of carbonyl (C=O) groups excluding carboxylic acids is 2. The number of esters is 1. The zero-order valence-corrected chi connectivity index (χ0v) is 27.5. The van der Waals surface area contributed by atoms with E-state index >= 15 is 0 Å². The highest BCUT2D eigenvalue weighted by molar-refractivity contribution is 7.91. The van der Waals surface area contributed by atoms with Gasteiger partial charge in [-0.05, 0) is 73.6 Å². The Bertz CT molecular complexity index is 1740. The maximum Gasteiger partial charge on any atom is 0.306 e. The van der Waals surface area contributed by atoms with Gasteiger partial charge in [-0.25, -0.2) is 8.42 Å². The van der Waals surface area contributed by atoms with E-state index in [0.717, 1.165) is 18.4 Å². The number of rotatable bonds is 12. The van der Waals surface area contributed by atoms with Gasteiger partial charge in [-0.2, -0.15) is 0 Å². The molecule has 2 saturated carbocycles. The van der Waals surface area contributed by atoms with Crippen molar-refractivity contribution in [2.24, 2.45) is 11.7 Å². The van der Waals surface area contributed by atoms with Gasteiger partial charge in [0.2, 0.25) is 0 Å². The molecule has 5 rings (SSSR count). The topological polar surface area (TPSA) is 133 Å². The predicted molar refractivity (Wildman–Crippen MR) is 173 cm³/mol. The van der Waals surface area contributed by atoms with E-state index in [1.54, 1.807) is 48.5 Å². The molecule has 3 aromatic carbocycles. The van der Waals surface area contributed by atoms with Gasteiger partial charge in [0, 0.05) is 17.0 Å².